The maximum atomic E-state index is 6.96. The molecule has 1 atom stereocenters. The quantitative estimate of drug-likeness (QED) is 0.173. The van der Waals surface area contributed by atoms with Gasteiger partial charge in [-0.05, 0) is 117 Å². The monoisotopic (exact) mass is 808 g/mol. The van der Waals surface area contributed by atoms with Crippen LogP contribution >= 0.6 is 0 Å². The molecule has 8 aromatic carbocycles. The molecule has 0 fully saturated rings. The van der Waals surface area contributed by atoms with Gasteiger partial charge in [0.25, 0.3) is 0 Å². The van der Waals surface area contributed by atoms with Crippen molar-refractivity contribution in [3.8, 4) is 78.8 Å². The SMILES string of the molecule is Cc1nc(-c2ccc3c(c2)C2(c4ccccc4Oc4cc(-c5cccc(-c6ccccc6-c6cncc(C)c6C)c5)ccc42)c2ccccc2-3)nc(-c2cccc3ccccc23)n1. The number of aromatic nitrogens is 4. The van der Waals surface area contributed by atoms with Crippen LogP contribution in [0, 0.1) is 20.8 Å². The minimum absolute atomic E-state index is 0.644. The number of pyridine rings is 1. The number of rotatable bonds is 5. The fourth-order valence-corrected chi connectivity index (χ4v) is 10.1. The van der Waals surface area contributed by atoms with E-state index in [1.165, 1.54) is 44.5 Å². The van der Waals surface area contributed by atoms with Gasteiger partial charge in [-0.15, -0.1) is 0 Å². The van der Waals surface area contributed by atoms with Crippen LogP contribution in [-0.4, -0.2) is 19.9 Å². The first-order valence-corrected chi connectivity index (χ1v) is 21.4. The van der Waals surface area contributed by atoms with Crippen molar-refractivity contribution in [3.05, 3.63) is 228 Å². The first-order chi connectivity index (χ1) is 31.0. The Bertz CT molecular complexity index is 3490. The minimum atomic E-state index is -0.661. The van der Waals surface area contributed by atoms with Crippen molar-refractivity contribution in [1.82, 2.24) is 19.9 Å². The Labute approximate surface area is 366 Å². The zero-order valence-corrected chi connectivity index (χ0v) is 35.1. The van der Waals surface area contributed by atoms with Crippen molar-refractivity contribution in [3.63, 3.8) is 0 Å². The van der Waals surface area contributed by atoms with Crippen LogP contribution in [0.25, 0.3) is 78.1 Å². The maximum Gasteiger partial charge on any atom is 0.164 e. The molecule has 0 bridgehead atoms. The standard InChI is InChI=1S/C58H40N4O/c1-35-33-59-34-49(36(35)2)45-20-7-6-19-44(45)41-17-12-16-39(30-41)40-27-29-52-55(32-40)63-54-25-11-10-24-51(54)58(52)50-23-9-8-21-46(50)47-28-26-42(31-53(47)58)56-60-37(3)61-57(62-56)48-22-13-15-38-14-4-5-18-43(38)48/h4-34H,1-3H3. The number of ether oxygens (including phenoxy) is 1. The summed E-state index contributed by atoms with van der Waals surface area (Å²) < 4.78 is 6.96. The molecule has 0 saturated carbocycles. The van der Waals surface area contributed by atoms with E-state index >= 15 is 0 Å². The van der Waals surface area contributed by atoms with E-state index in [0.29, 0.717) is 17.5 Å². The van der Waals surface area contributed by atoms with Crippen LogP contribution in [0.2, 0.25) is 0 Å². The normalized spacial score (nSPS) is 14.5. The molecule has 0 radical (unpaired) electrons. The summed E-state index contributed by atoms with van der Waals surface area (Å²) in [4.78, 5) is 19.6. The molecule has 3 heterocycles. The third kappa shape index (κ3) is 5.70. The Morgan fingerprint density at radius 1 is 0.397 bits per heavy atom. The minimum Gasteiger partial charge on any atom is -0.457 e. The molecule has 63 heavy (non-hydrogen) atoms. The van der Waals surface area contributed by atoms with Gasteiger partial charge in [0.15, 0.2) is 11.6 Å². The second-order valence-corrected chi connectivity index (χ2v) is 16.7. The Kier molecular flexibility index (Phi) is 8.35. The van der Waals surface area contributed by atoms with Gasteiger partial charge in [-0.3, -0.25) is 4.98 Å². The molecule has 5 heteroatoms. The second kappa shape index (κ2) is 14.3. The van der Waals surface area contributed by atoms with Gasteiger partial charge in [-0.2, -0.15) is 0 Å². The lowest BCUT2D eigenvalue weighted by Gasteiger charge is -2.39. The van der Waals surface area contributed by atoms with E-state index in [-0.39, 0.29) is 0 Å². The van der Waals surface area contributed by atoms with Crippen molar-refractivity contribution < 1.29 is 4.74 Å². The summed E-state index contributed by atoms with van der Waals surface area (Å²) >= 11 is 0. The van der Waals surface area contributed by atoms with E-state index in [0.717, 1.165) is 66.8 Å². The first kappa shape index (κ1) is 36.8. The van der Waals surface area contributed by atoms with Gasteiger partial charge in [0.05, 0.1) is 5.41 Å². The summed E-state index contributed by atoms with van der Waals surface area (Å²) in [5, 5.41) is 2.26. The lowest BCUT2D eigenvalue weighted by molar-refractivity contribution is 0.436. The molecule has 0 saturated heterocycles. The number of hydrogen-bond acceptors (Lipinski definition) is 5. The highest BCUT2D eigenvalue weighted by Gasteiger charge is 2.51. The molecule has 10 aromatic rings. The molecule has 1 spiro atoms. The maximum absolute atomic E-state index is 6.96. The Balaban J connectivity index is 1.02. The van der Waals surface area contributed by atoms with E-state index in [9.17, 15) is 0 Å². The third-order valence-corrected chi connectivity index (χ3v) is 13.2. The van der Waals surface area contributed by atoms with Crippen molar-refractivity contribution in [2.75, 3.05) is 0 Å². The van der Waals surface area contributed by atoms with Gasteiger partial charge in [0.2, 0.25) is 0 Å². The summed E-state index contributed by atoms with van der Waals surface area (Å²) in [6, 6.07) is 63.0. The highest BCUT2D eigenvalue weighted by Crippen LogP contribution is 2.62. The largest absolute Gasteiger partial charge is 0.457 e. The van der Waals surface area contributed by atoms with Crippen molar-refractivity contribution in [2.45, 2.75) is 26.2 Å². The molecule has 1 aliphatic heterocycles. The smallest absolute Gasteiger partial charge is 0.164 e. The van der Waals surface area contributed by atoms with Crippen LogP contribution in [0.4, 0.5) is 0 Å². The first-order valence-electron chi connectivity index (χ1n) is 21.4. The number of nitrogens with zero attached hydrogens (tertiary/aromatic N) is 4. The van der Waals surface area contributed by atoms with Crippen molar-refractivity contribution in [2.24, 2.45) is 0 Å². The Morgan fingerprint density at radius 3 is 1.95 bits per heavy atom. The van der Waals surface area contributed by atoms with Gasteiger partial charge < -0.3 is 4.74 Å². The van der Waals surface area contributed by atoms with Crippen LogP contribution in [0.3, 0.4) is 0 Å². The topological polar surface area (TPSA) is 60.8 Å². The molecule has 298 valence electrons. The van der Waals surface area contributed by atoms with Gasteiger partial charge in [-0.1, -0.05) is 152 Å². The predicted molar refractivity (Wildman–Crippen MR) is 254 cm³/mol. The summed E-state index contributed by atoms with van der Waals surface area (Å²) in [7, 11) is 0. The summed E-state index contributed by atoms with van der Waals surface area (Å²) in [6.45, 7) is 6.25. The third-order valence-electron chi connectivity index (χ3n) is 13.2. The van der Waals surface area contributed by atoms with Crippen LogP contribution in [-0.2, 0) is 5.41 Å². The zero-order valence-electron chi connectivity index (χ0n) is 35.1. The fourth-order valence-electron chi connectivity index (χ4n) is 10.1. The Morgan fingerprint density at radius 2 is 1.05 bits per heavy atom. The van der Waals surface area contributed by atoms with E-state index in [4.69, 9.17) is 19.7 Å². The van der Waals surface area contributed by atoms with E-state index < -0.39 is 5.41 Å². The molecular weight excluding hydrogens is 769 g/mol. The van der Waals surface area contributed by atoms with E-state index in [1.54, 1.807) is 0 Å². The molecule has 1 aliphatic carbocycles. The van der Waals surface area contributed by atoms with Gasteiger partial charge in [-0.25, -0.2) is 15.0 Å². The molecule has 0 N–H and O–H groups in total. The molecule has 2 aromatic heterocycles. The molecule has 12 rings (SSSR count). The second-order valence-electron chi connectivity index (χ2n) is 16.7. The Hall–Kier alpha value is -8.02. The molecule has 0 amide bonds. The summed E-state index contributed by atoms with van der Waals surface area (Å²) in [6.07, 6.45) is 3.92. The predicted octanol–water partition coefficient (Wildman–Crippen LogP) is 14.1. The van der Waals surface area contributed by atoms with Crippen molar-refractivity contribution in [1.29, 1.82) is 0 Å². The summed E-state index contributed by atoms with van der Waals surface area (Å²) in [5.74, 6) is 3.66. The molecule has 2 aliphatic rings. The highest BCUT2D eigenvalue weighted by molar-refractivity contribution is 5.96. The zero-order chi connectivity index (χ0) is 42.2. The number of hydrogen-bond donors (Lipinski definition) is 0. The fraction of sp³-hybridized carbons (Fsp3) is 0.0690. The number of fused-ring (bicyclic) bond motifs is 10. The van der Waals surface area contributed by atoms with Gasteiger partial charge >= 0.3 is 0 Å². The molecular formula is C58H40N4O. The molecule has 1 unspecified atom stereocenters. The molecule has 5 nitrogen and oxygen atoms in total. The van der Waals surface area contributed by atoms with E-state index in [2.05, 4.69) is 195 Å². The lowest BCUT2D eigenvalue weighted by atomic mass is 9.65. The van der Waals surface area contributed by atoms with Gasteiger partial charge in [0, 0.05) is 40.2 Å². The number of aryl methyl sites for hydroxylation is 2. The van der Waals surface area contributed by atoms with Crippen LogP contribution < -0.4 is 4.74 Å². The number of para-hydroxylation sites is 1. The number of benzene rings is 8. The van der Waals surface area contributed by atoms with Crippen LogP contribution in [0.5, 0.6) is 11.5 Å². The van der Waals surface area contributed by atoms with Crippen LogP contribution in [0.1, 0.15) is 39.2 Å². The average Bonchev–Trinajstić information content (AvgIpc) is 3.61. The van der Waals surface area contributed by atoms with Crippen molar-refractivity contribution >= 4 is 10.8 Å². The summed E-state index contributed by atoms with van der Waals surface area (Å²) in [5.41, 5.74) is 17.5. The van der Waals surface area contributed by atoms with Gasteiger partial charge in [0.1, 0.15) is 17.3 Å². The highest BCUT2D eigenvalue weighted by atomic mass is 16.5. The van der Waals surface area contributed by atoms with Crippen LogP contribution in [0.15, 0.2) is 188 Å². The average molecular weight is 809 g/mol. The lowest BCUT2D eigenvalue weighted by Crippen LogP contribution is -2.32. The van der Waals surface area contributed by atoms with E-state index in [1.807, 2.05) is 19.3 Å².